The zero-order valence-electron chi connectivity index (χ0n) is 21.2. The zero-order chi connectivity index (χ0) is 30.8. The molecule has 1 heterocycles. The van der Waals surface area contributed by atoms with Crippen LogP contribution in [0.4, 0.5) is 39.5 Å². The number of nitrogens with zero attached hydrogens (tertiary/aromatic N) is 2. The lowest BCUT2D eigenvalue weighted by Gasteiger charge is -2.18. The molecule has 0 aliphatic heterocycles. The average Bonchev–Trinajstić information content (AvgIpc) is 2.91. The van der Waals surface area contributed by atoms with Crippen molar-refractivity contribution in [3.05, 3.63) is 95.1 Å². The topological polar surface area (TPSA) is 61.3 Å². The molecule has 4 aromatic rings. The van der Waals surface area contributed by atoms with Gasteiger partial charge in [0.25, 0.3) is 0 Å². The predicted octanol–water partition coefficient (Wildman–Crippen LogP) is 7.91. The van der Waals surface area contributed by atoms with Crippen LogP contribution in [0.3, 0.4) is 0 Å². The minimum Gasteiger partial charge on any atom is -0.423 e. The number of benzene rings is 3. The Morgan fingerprint density at radius 1 is 0.833 bits per heavy atom. The van der Waals surface area contributed by atoms with Crippen molar-refractivity contribution < 1.29 is 53.8 Å². The summed E-state index contributed by atoms with van der Waals surface area (Å²) in [5.74, 6) is -11.5. The molecule has 0 N–H and O–H groups in total. The summed E-state index contributed by atoms with van der Waals surface area (Å²) in [5.41, 5.74) is -1.45. The summed E-state index contributed by atoms with van der Waals surface area (Å²) in [5, 5.41) is 0. The molecule has 0 amide bonds. The summed E-state index contributed by atoms with van der Waals surface area (Å²) in [6.07, 6.45) is -5.05. The number of ether oxygens (including phenoxy) is 2. The van der Waals surface area contributed by atoms with E-state index in [2.05, 4.69) is 14.7 Å². The second-order valence-corrected chi connectivity index (χ2v) is 8.74. The largest absolute Gasteiger partial charge is 0.461 e. The van der Waals surface area contributed by atoms with Crippen LogP contribution in [0.15, 0.2) is 54.9 Å². The Kier molecular flexibility index (Phi) is 8.73. The molecule has 3 aromatic carbocycles. The van der Waals surface area contributed by atoms with Gasteiger partial charge in [-0.2, -0.15) is 17.6 Å². The molecule has 42 heavy (non-hydrogen) atoms. The number of alkyl halides is 4. The first-order valence-electron chi connectivity index (χ1n) is 12.0. The van der Waals surface area contributed by atoms with Crippen LogP contribution in [0.5, 0.6) is 11.5 Å². The van der Waals surface area contributed by atoms with Gasteiger partial charge >= 0.3 is 18.5 Å². The van der Waals surface area contributed by atoms with Crippen molar-refractivity contribution in [2.24, 2.45) is 0 Å². The highest BCUT2D eigenvalue weighted by atomic mass is 19.3. The van der Waals surface area contributed by atoms with E-state index in [9.17, 15) is 44.3 Å². The van der Waals surface area contributed by atoms with Crippen LogP contribution in [0.25, 0.3) is 22.5 Å². The van der Waals surface area contributed by atoms with E-state index in [0.29, 0.717) is 24.6 Å². The normalized spacial score (nSPS) is 11.6. The molecule has 4 rings (SSSR count). The van der Waals surface area contributed by atoms with Gasteiger partial charge in [-0.1, -0.05) is 13.3 Å². The highest BCUT2D eigenvalue weighted by Gasteiger charge is 2.45. The molecule has 0 saturated carbocycles. The lowest BCUT2D eigenvalue weighted by atomic mass is 10.0. The van der Waals surface area contributed by atoms with Gasteiger partial charge in [-0.05, 0) is 53.9 Å². The molecule has 0 bridgehead atoms. The molecule has 220 valence electrons. The second kappa shape index (κ2) is 12.1. The van der Waals surface area contributed by atoms with Crippen LogP contribution in [-0.4, -0.2) is 28.5 Å². The van der Waals surface area contributed by atoms with E-state index in [-0.39, 0.29) is 11.4 Å². The molecule has 0 spiro atoms. The van der Waals surface area contributed by atoms with Crippen molar-refractivity contribution in [1.82, 2.24) is 9.97 Å². The number of aromatic nitrogens is 2. The monoisotopic (exact) mass is 600 g/mol. The number of aryl methyl sites for hydroxylation is 1. The summed E-state index contributed by atoms with van der Waals surface area (Å²) in [6.45, 7) is 1.95. The lowest BCUT2D eigenvalue weighted by molar-refractivity contribution is -0.255. The van der Waals surface area contributed by atoms with E-state index in [1.54, 1.807) is 0 Å². The fourth-order valence-electron chi connectivity index (χ4n) is 3.76. The van der Waals surface area contributed by atoms with Crippen LogP contribution in [-0.2, 0) is 6.42 Å². The Bertz CT molecular complexity index is 1580. The summed E-state index contributed by atoms with van der Waals surface area (Å²) < 4.78 is 132. The van der Waals surface area contributed by atoms with Crippen LogP contribution >= 0.6 is 0 Å². The van der Waals surface area contributed by atoms with Gasteiger partial charge in [0.2, 0.25) is 0 Å². The maximum Gasteiger partial charge on any atom is 0.461 e. The molecular weight excluding hydrogens is 583 g/mol. The lowest BCUT2D eigenvalue weighted by Crippen LogP contribution is -2.34. The van der Waals surface area contributed by atoms with Gasteiger partial charge in [-0.25, -0.2) is 36.7 Å². The summed E-state index contributed by atoms with van der Waals surface area (Å²) in [6, 6.07) is 4.63. The van der Waals surface area contributed by atoms with Gasteiger partial charge in [0, 0.05) is 29.6 Å². The van der Waals surface area contributed by atoms with E-state index in [1.165, 1.54) is 12.4 Å². The highest BCUT2D eigenvalue weighted by molar-refractivity contribution is 5.92. The highest BCUT2D eigenvalue weighted by Crippen LogP contribution is 2.36. The number of hydrogen-bond donors (Lipinski definition) is 0. The summed E-state index contributed by atoms with van der Waals surface area (Å²) in [7, 11) is 0. The quantitative estimate of drug-likeness (QED) is 0.111. The van der Waals surface area contributed by atoms with Crippen molar-refractivity contribution in [3.8, 4) is 34.0 Å². The first kappa shape index (κ1) is 30.3. The molecule has 0 radical (unpaired) electrons. The van der Waals surface area contributed by atoms with Gasteiger partial charge < -0.3 is 9.47 Å². The van der Waals surface area contributed by atoms with E-state index >= 15 is 0 Å². The van der Waals surface area contributed by atoms with Crippen LogP contribution in [0.2, 0.25) is 0 Å². The molecule has 0 aliphatic carbocycles. The Morgan fingerprint density at radius 3 is 1.93 bits per heavy atom. The van der Waals surface area contributed by atoms with Crippen LogP contribution in [0, 0.1) is 29.1 Å². The van der Waals surface area contributed by atoms with Crippen LogP contribution < -0.4 is 9.47 Å². The first-order chi connectivity index (χ1) is 19.8. The zero-order valence-corrected chi connectivity index (χ0v) is 21.2. The average molecular weight is 600 g/mol. The number of halogens is 9. The molecule has 0 saturated heterocycles. The summed E-state index contributed by atoms with van der Waals surface area (Å²) >= 11 is 0. The maximum absolute atomic E-state index is 14.8. The van der Waals surface area contributed by atoms with Crippen molar-refractivity contribution in [1.29, 1.82) is 0 Å². The van der Waals surface area contributed by atoms with Crippen molar-refractivity contribution in [3.63, 3.8) is 0 Å². The first-order valence-corrected chi connectivity index (χ1v) is 12.0. The smallest absolute Gasteiger partial charge is 0.423 e. The van der Waals surface area contributed by atoms with Crippen molar-refractivity contribution >= 4 is 5.97 Å². The molecular formula is C28H17F9N2O3. The number of hydrogen-bond acceptors (Lipinski definition) is 5. The van der Waals surface area contributed by atoms with Gasteiger partial charge in [-0.3, -0.25) is 0 Å². The molecule has 0 unspecified atom stereocenters. The number of carbonyl (C=O) groups is 1. The van der Waals surface area contributed by atoms with Gasteiger partial charge in [0.15, 0.2) is 23.2 Å². The third-order valence-corrected chi connectivity index (χ3v) is 5.70. The Labute approximate surface area is 231 Å². The molecule has 0 atom stereocenters. The van der Waals surface area contributed by atoms with E-state index in [1.807, 2.05) is 6.92 Å². The van der Waals surface area contributed by atoms with Gasteiger partial charge in [-0.15, -0.1) is 0 Å². The SMILES string of the molecule is CCCc1cnc(-c2cc(F)c(C(=O)Oc3ccc(-c4cc(F)c(OC(F)(F)C(F)F)c(F)c4)c(F)c3)c(F)c2)nc1. The summed E-state index contributed by atoms with van der Waals surface area (Å²) in [4.78, 5) is 20.6. The standard InChI is InChI=1S/C28H17F9N2O3/c1-2-3-13-11-38-25(39-12-13)15-8-19(30)23(20(31)9-15)26(40)41-16-4-5-17(18(29)10-16)14-6-21(32)24(22(33)7-14)42-28(36,37)27(34)35/h4-12,27H,2-3H2,1H3. The second-order valence-electron chi connectivity index (χ2n) is 8.74. The van der Waals surface area contributed by atoms with E-state index in [0.717, 1.165) is 36.2 Å². The number of esters is 1. The fourth-order valence-corrected chi connectivity index (χ4v) is 3.76. The van der Waals surface area contributed by atoms with Crippen molar-refractivity contribution in [2.75, 3.05) is 0 Å². The Morgan fingerprint density at radius 2 is 1.40 bits per heavy atom. The third kappa shape index (κ3) is 6.47. The molecule has 0 fully saturated rings. The van der Waals surface area contributed by atoms with Crippen LogP contribution in [0.1, 0.15) is 29.3 Å². The number of rotatable bonds is 9. The third-order valence-electron chi connectivity index (χ3n) is 5.70. The maximum atomic E-state index is 14.8. The van der Waals surface area contributed by atoms with E-state index < -0.39 is 75.8 Å². The molecule has 5 nitrogen and oxygen atoms in total. The van der Waals surface area contributed by atoms with Crippen molar-refractivity contribution in [2.45, 2.75) is 32.3 Å². The van der Waals surface area contributed by atoms with E-state index in [4.69, 9.17) is 4.74 Å². The Hall–Kier alpha value is -4.62. The minimum absolute atomic E-state index is 0.000401. The molecule has 1 aromatic heterocycles. The van der Waals surface area contributed by atoms with Gasteiger partial charge in [0.1, 0.15) is 28.8 Å². The Balaban J connectivity index is 1.54. The minimum atomic E-state index is -5.20. The molecule has 14 heteroatoms. The molecule has 0 aliphatic rings. The number of carbonyl (C=O) groups excluding carboxylic acids is 1. The predicted molar refractivity (Wildman–Crippen MR) is 130 cm³/mol. The fraction of sp³-hybridized carbons (Fsp3) is 0.179. The van der Waals surface area contributed by atoms with Gasteiger partial charge in [0.05, 0.1) is 0 Å².